The number of benzene rings is 1. The molecule has 3 aliphatic rings. The van der Waals surface area contributed by atoms with Crippen LogP contribution in [0.2, 0.25) is 0 Å². The number of piperazine rings is 1. The Balaban J connectivity index is 1.03. The second kappa shape index (κ2) is 10.3. The lowest BCUT2D eigenvalue weighted by Gasteiger charge is -2.36. The van der Waals surface area contributed by atoms with Gasteiger partial charge in [0.05, 0.1) is 25.5 Å². The van der Waals surface area contributed by atoms with E-state index in [1.807, 2.05) is 18.2 Å². The number of nitrogens with zero attached hydrogens (tertiary/aromatic N) is 3. The molecule has 0 spiro atoms. The molecule has 1 aromatic heterocycles. The van der Waals surface area contributed by atoms with Crippen molar-refractivity contribution < 1.29 is 19.0 Å². The van der Waals surface area contributed by atoms with Gasteiger partial charge in [-0.3, -0.25) is 9.69 Å². The summed E-state index contributed by atoms with van der Waals surface area (Å²) < 4.78 is 17.7. The molecule has 0 unspecified atom stereocenters. The van der Waals surface area contributed by atoms with Crippen molar-refractivity contribution in [3.05, 3.63) is 35.9 Å². The minimum Gasteiger partial charge on any atom is -0.489 e. The summed E-state index contributed by atoms with van der Waals surface area (Å²) in [5.74, 6) is 3.02. The zero-order valence-electron chi connectivity index (χ0n) is 19.1. The van der Waals surface area contributed by atoms with Gasteiger partial charge in [-0.15, -0.1) is 0 Å². The standard InChI is InChI=1S/C25H32N4O4/c30-22-9-7-19-8-10-23(27-25(19)26-22)32-16-2-1-11-28-12-14-29(15-13-28)20-5-3-6-21-24(20)33-18-4-17-31-21/h3,5-6,8,10H,1-2,4,7,9,11-18H2,(H,26,27,30). The van der Waals surface area contributed by atoms with Gasteiger partial charge in [-0.05, 0) is 49.6 Å². The number of amides is 1. The van der Waals surface area contributed by atoms with E-state index in [1.54, 1.807) is 0 Å². The largest absolute Gasteiger partial charge is 0.489 e. The Morgan fingerprint density at radius 3 is 2.79 bits per heavy atom. The smallest absolute Gasteiger partial charge is 0.225 e. The highest BCUT2D eigenvalue weighted by molar-refractivity contribution is 5.92. The number of ether oxygens (including phenoxy) is 3. The van der Waals surface area contributed by atoms with Crippen LogP contribution in [0.4, 0.5) is 11.5 Å². The number of aryl methyl sites for hydroxylation is 1. The van der Waals surface area contributed by atoms with Crippen molar-refractivity contribution in [1.29, 1.82) is 0 Å². The minimum atomic E-state index is 0.0238. The second-order valence-electron chi connectivity index (χ2n) is 8.74. The van der Waals surface area contributed by atoms with Crippen LogP contribution >= 0.6 is 0 Å². The average molecular weight is 453 g/mol. The number of hydrogen-bond donors (Lipinski definition) is 1. The Kier molecular flexibility index (Phi) is 6.81. The number of fused-ring (bicyclic) bond motifs is 2. The summed E-state index contributed by atoms with van der Waals surface area (Å²) in [6.07, 6.45) is 4.25. The van der Waals surface area contributed by atoms with E-state index in [9.17, 15) is 4.79 Å². The topological polar surface area (TPSA) is 76.2 Å². The molecule has 0 saturated carbocycles. The molecule has 1 saturated heterocycles. The van der Waals surface area contributed by atoms with Gasteiger partial charge in [0.1, 0.15) is 5.82 Å². The summed E-state index contributed by atoms with van der Waals surface area (Å²) in [7, 11) is 0. The van der Waals surface area contributed by atoms with Gasteiger partial charge >= 0.3 is 0 Å². The lowest BCUT2D eigenvalue weighted by Crippen LogP contribution is -2.46. The van der Waals surface area contributed by atoms with Crippen LogP contribution in [0.5, 0.6) is 17.4 Å². The third-order valence-electron chi connectivity index (χ3n) is 6.41. The van der Waals surface area contributed by atoms with Gasteiger partial charge in [-0.25, -0.2) is 0 Å². The highest BCUT2D eigenvalue weighted by Crippen LogP contribution is 2.39. The molecule has 8 heteroatoms. The molecular formula is C25H32N4O4. The Bertz CT molecular complexity index is 975. The monoisotopic (exact) mass is 452 g/mol. The number of nitrogens with one attached hydrogen (secondary N) is 1. The fourth-order valence-corrected chi connectivity index (χ4v) is 4.56. The molecule has 0 atom stereocenters. The van der Waals surface area contributed by atoms with Gasteiger partial charge in [-0.1, -0.05) is 6.07 Å². The minimum absolute atomic E-state index is 0.0238. The number of unbranched alkanes of at least 4 members (excludes halogenated alkanes) is 1. The normalized spacial score (nSPS) is 18.3. The number of para-hydroxylation sites is 1. The van der Waals surface area contributed by atoms with Crippen molar-refractivity contribution in [3.8, 4) is 17.4 Å². The Morgan fingerprint density at radius 2 is 1.88 bits per heavy atom. The van der Waals surface area contributed by atoms with Crippen LogP contribution in [-0.4, -0.2) is 68.3 Å². The molecule has 1 fully saturated rings. The molecule has 2 aromatic rings. The van der Waals surface area contributed by atoms with Crippen molar-refractivity contribution in [2.75, 3.05) is 62.8 Å². The fourth-order valence-electron chi connectivity index (χ4n) is 4.56. The first-order valence-electron chi connectivity index (χ1n) is 12.0. The number of aromatic nitrogens is 1. The highest BCUT2D eigenvalue weighted by Gasteiger charge is 2.23. The third kappa shape index (κ3) is 5.33. The Hall–Kier alpha value is -3.00. The predicted octanol–water partition coefficient (Wildman–Crippen LogP) is 3.11. The highest BCUT2D eigenvalue weighted by atomic mass is 16.5. The van der Waals surface area contributed by atoms with Gasteiger partial charge in [-0.2, -0.15) is 4.98 Å². The van der Waals surface area contributed by atoms with E-state index in [-0.39, 0.29) is 5.91 Å². The average Bonchev–Trinajstić information content (AvgIpc) is 3.10. The van der Waals surface area contributed by atoms with Gasteiger partial charge < -0.3 is 24.4 Å². The molecule has 0 radical (unpaired) electrons. The molecule has 0 aliphatic carbocycles. The summed E-state index contributed by atoms with van der Waals surface area (Å²) in [5.41, 5.74) is 2.22. The molecule has 1 N–H and O–H groups in total. The summed E-state index contributed by atoms with van der Waals surface area (Å²) in [6.45, 7) is 7.18. The van der Waals surface area contributed by atoms with Crippen molar-refractivity contribution in [2.45, 2.75) is 32.1 Å². The van der Waals surface area contributed by atoms with Gasteiger partial charge in [0.2, 0.25) is 11.8 Å². The molecule has 8 nitrogen and oxygen atoms in total. The van der Waals surface area contributed by atoms with E-state index in [2.05, 4.69) is 32.2 Å². The predicted molar refractivity (Wildman–Crippen MR) is 127 cm³/mol. The van der Waals surface area contributed by atoms with Crippen LogP contribution in [0, 0.1) is 0 Å². The summed E-state index contributed by atoms with van der Waals surface area (Å²) in [6, 6.07) is 10.1. The van der Waals surface area contributed by atoms with Gasteiger partial charge in [0.25, 0.3) is 0 Å². The number of rotatable bonds is 7. The number of carbonyl (C=O) groups excluding carboxylic acids is 1. The second-order valence-corrected chi connectivity index (χ2v) is 8.74. The summed E-state index contributed by atoms with van der Waals surface area (Å²) >= 11 is 0. The Morgan fingerprint density at radius 1 is 1.00 bits per heavy atom. The maximum Gasteiger partial charge on any atom is 0.225 e. The molecule has 0 bridgehead atoms. The van der Waals surface area contributed by atoms with E-state index in [1.165, 1.54) is 0 Å². The molecule has 3 aliphatic heterocycles. The number of carbonyl (C=O) groups is 1. The molecule has 5 rings (SSSR count). The van der Waals surface area contributed by atoms with E-state index < -0.39 is 0 Å². The van der Waals surface area contributed by atoms with Gasteiger partial charge in [0.15, 0.2) is 11.5 Å². The fraction of sp³-hybridized carbons (Fsp3) is 0.520. The van der Waals surface area contributed by atoms with E-state index >= 15 is 0 Å². The molecular weight excluding hydrogens is 420 g/mol. The zero-order valence-corrected chi connectivity index (χ0v) is 19.1. The van der Waals surface area contributed by atoms with Crippen LogP contribution in [-0.2, 0) is 11.2 Å². The number of hydrogen-bond acceptors (Lipinski definition) is 7. The van der Waals surface area contributed by atoms with Crippen LogP contribution < -0.4 is 24.4 Å². The van der Waals surface area contributed by atoms with Crippen molar-refractivity contribution in [1.82, 2.24) is 9.88 Å². The summed E-state index contributed by atoms with van der Waals surface area (Å²) in [5, 5.41) is 2.82. The van der Waals surface area contributed by atoms with Crippen LogP contribution in [0.25, 0.3) is 0 Å². The van der Waals surface area contributed by atoms with Crippen LogP contribution in [0.3, 0.4) is 0 Å². The first-order chi connectivity index (χ1) is 16.3. The van der Waals surface area contributed by atoms with Gasteiger partial charge in [0, 0.05) is 45.1 Å². The molecule has 176 valence electrons. The molecule has 33 heavy (non-hydrogen) atoms. The first kappa shape index (κ1) is 21.8. The maximum atomic E-state index is 11.6. The van der Waals surface area contributed by atoms with Crippen molar-refractivity contribution >= 4 is 17.4 Å². The lowest BCUT2D eigenvalue weighted by molar-refractivity contribution is -0.116. The molecule has 1 aromatic carbocycles. The Labute approximate surface area is 194 Å². The van der Waals surface area contributed by atoms with E-state index in [4.69, 9.17) is 14.2 Å². The van der Waals surface area contributed by atoms with E-state index in [0.717, 1.165) is 81.2 Å². The number of anilines is 2. The maximum absolute atomic E-state index is 11.6. The number of pyridine rings is 1. The quantitative estimate of drug-likeness (QED) is 0.647. The van der Waals surface area contributed by atoms with Crippen LogP contribution in [0.15, 0.2) is 30.3 Å². The van der Waals surface area contributed by atoms with Crippen LogP contribution in [0.1, 0.15) is 31.2 Å². The van der Waals surface area contributed by atoms with Crippen molar-refractivity contribution in [3.63, 3.8) is 0 Å². The lowest BCUT2D eigenvalue weighted by atomic mass is 10.1. The van der Waals surface area contributed by atoms with E-state index in [0.29, 0.717) is 37.9 Å². The zero-order chi connectivity index (χ0) is 22.5. The first-order valence-corrected chi connectivity index (χ1v) is 12.0. The molecule has 1 amide bonds. The third-order valence-corrected chi connectivity index (χ3v) is 6.41. The molecule has 4 heterocycles. The summed E-state index contributed by atoms with van der Waals surface area (Å²) in [4.78, 5) is 20.9. The van der Waals surface area contributed by atoms with Crippen molar-refractivity contribution in [2.24, 2.45) is 0 Å². The SMILES string of the molecule is O=C1CCc2ccc(OCCCCN3CCN(c4cccc5c4OCCCO5)CC3)nc2N1.